The van der Waals surface area contributed by atoms with Gasteiger partial charge in [-0.25, -0.2) is 9.69 Å². The van der Waals surface area contributed by atoms with Gasteiger partial charge in [0, 0.05) is 4.47 Å². The third-order valence-corrected chi connectivity index (χ3v) is 6.11. The molecule has 1 N–H and O–H groups in total. The molecule has 4 amide bonds. The van der Waals surface area contributed by atoms with Gasteiger partial charge in [-0.05, 0) is 73.9 Å². The first-order valence-corrected chi connectivity index (χ1v) is 12.2. The first kappa shape index (κ1) is 25.2. The summed E-state index contributed by atoms with van der Waals surface area (Å²) in [4.78, 5) is 39.4. The summed E-state index contributed by atoms with van der Waals surface area (Å²) >= 11 is 3.42. The molecule has 0 aromatic heterocycles. The van der Waals surface area contributed by atoms with Crippen LogP contribution in [0.15, 0.2) is 70.7 Å². The maximum Gasteiger partial charge on any atom is 0.335 e. The van der Waals surface area contributed by atoms with Crippen LogP contribution < -0.4 is 19.7 Å². The molecule has 1 heterocycles. The van der Waals surface area contributed by atoms with E-state index < -0.39 is 17.8 Å². The number of aryl methyl sites for hydroxylation is 2. The van der Waals surface area contributed by atoms with Gasteiger partial charge in [0.1, 0.15) is 12.2 Å². The molecule has 0 saturated carbocycles. The summed E-state index contributed by atoms with van der Waals surface area (Å²) in [6.07, 6.45) is 1.45. The number of hydrogen-bond donors (Lipinski definition) is 1. The molecule has 0 spiro atoms. The van der Waals surface area contributed by atoms with Crippen molar-refractivity contribution in [2.45, 2.75) is 27.4 Å². The van der Waals surface area contributed by atoms with Gasteiger partial charge in [0.05, 0.1) is 12.3 Å². The highest BCUT2D eigenvalue weighted by atomic mass is 79.9. The van der Waals surface area contributed by atoms with E-state index in [1.807, 2.05) is 57.2 Å². The van der Waals surface area contributed by atoms with Gasteiger partial charge in [-0.15, -0.1) is 0 Å². The average molecular weight is 549 g/mol. The van der Waals surface area contributed by atoms with Gasteiger partial charge in [-0.2, -0.15) is 0 Å². The maximum absolute atomic E-state index is 13.3. The molecule has 0 bridgehead atoms. The molecule has 1 aliphatic heterocycles. The van der Waals surface area contributed by atoms with Crippen molar-refractivity contribution in [3.63, 3.8) is 0 Å². The average Bonchev–Trinajstić information content (AvgIpc) is 2.83. The molecule has 3 aromatic carbocycles. The molecule has 1 aliphatic rings. The van der Waals surface area contributed by atoms with Crippen molar-refractivity contribution in [1.29, 1.82) is 0 Å². The minimum Gasteiger partial charge on any atom is -0.490 e. The van der Waals surface area contributed by atoms with Crippen LogP contribution in [0.5, 0.6) is 11.5 Å². The number of urea groups is 1. The van der Waals surface area contributed by atoms with Gasteiger partial charge in [0.15, 0.2) is 11.5 Å². The summed E-state index contributed by atoms with van der Waals surface area (Å²) in [6, 6.07) is 17.6. The summed E-state index contributed by atoms with van der Waals surface area (Å²) in [5.41, 5.74) is 3.57. The van der Waals surface area contributed by atoms with Crippen molar-refractivity contribution < 1.29 is 23.9 Å². The normalized spacial score (nSPS) is 14.7. The molecule has 0 aliphatic carbocycles. The lowest BCUT2D eigenvalue weighted by Gasteiger charge is -2.27. The fourth-order valence-corrected chi connectivity index (χ4v) is 4.11. The van der Waals surface area contributed by atoms with Crippen molar-refractivity contribution in [3.8, 4) is 11.5 Å². The van der Waals surface area contributed by atoms with Crippen LogP contribution in [0.25, 0.3) is 6.08 Å². The van der Waals surface area contributed by atoms with Crippen molar-refractivity contribution >= 4 is 45.5 Å². The molecule has 8 heteroatoms. The van der Waals surface area contributed by atoms with Gasteiger partial charge in [0.25, 0.3) is 11.8 Å². The standard InChI is InChI=1S/C28H25BrN2O5/c1-4-35-25-15-20(8-12-24(25)36-16-19-6-9-21(29)10-7-19)14-22-26(32)30-28(34)31(27(22)33)23-11-5-17(2)13-18(23)3/h5-15H,4,16H2,1-3H3,(H,30,32,34)/b22-14+. The number of benzene rings is 3. The predicted molar refractivity (Wildman–Crippen MR) is 141 cm³/mol. The Hall–Kier alpha value is -3.91. The lowest BCUT2D eigenvalue weighted by atomic mass is 10.0. The molecular weight excluding hydrogens is 524 g/mol. The number of imide groups is 2. The Kier molecular flexibility index (Phi) is 7.55. The molecule has 0 radical (unpaired) electrons. The van der Waals surface area contributed by atoms with Gasteiger partial charge >= 0.3 is 6.03 Å². The third kappa shape index (κ3) is 5.49. The van der Waals surface area contributed by atoms with Crippen LogP contribution in [0.2, 0.25) is 0 Å². The highest BCUT2D eigenvalue weighted by molar-refractivity contribution is 9.10. The summed E-state index contributed by atoms with van der Waals surface area (Å²) < 4.78 is 12.7. The highest BCUT2D eigenvalue weighted by Crippen LogP contribution is 2.31. The fourth-order valence-electron chi connectivity index (χ4n) is 3.84. The van der Waals surface area contributed by atoms with E-state index in [0.717, 1.165) is 26.1 Å². The zero-order valence-electron chi connectivity index (χ0n) is 20.1. The van der Waals surface area contributed by atoms with Crippen LogP contribution in [-0.2, 0) is 16.2 Å². The van der Waals surface area contributed by atoms with Crippen LogP contribution in [-0.4, -0.2) is 24.5 Å². The fraction of sp³-hybridized carbons (Fsp3) is 0.179. The van der Waals surface area contributed by atoms with Gasteiger partial charge < -0.3 is 9.47 Å². The number of anilines is 1. The maximum atomic E-state index is 13.3. The minimum absolute atomic E-state index is 0.152. The smallest absolute Gasteiger partial charge is 0.335 e. The van der Waals surface area contributed by atoms with Crippen molar-refractivity contribution in [2.24, 2.45) is 0 Å². The zero-order valence-corrected chi connectivity index (χ0v) is 21.7. The Bertz CT molecular complexity index is 1360. The first-order valence-electron chi connectivity index (χ1n) is 11.4. The van der Waals surface area contributed by atoms with E-state index in [1.165, 1.54) is 6.08 Å². The SMILES string of the molecule is CCOc1cc(/C=C2\C(=O)NC(=O)N(c3ccc(C)cc3C)C2=O)ccc1OCc1ccc(Br)cc1. The number of ether oxygens (including phenoxy) is 2. The number of nitrogens with zero attached hydrogens (tertiary/aromatic N) is 1. The predicted octanol–water partition coefficient (Wildman–Crippen LogP) is 5.71. The second kappa shape index (κ2) is 10.8. The number of barbiturate groups is 1. The summed E-state index contributed by atoms with van der Waals surface area (Å²) in [5.74, 6) is -0.424. The Morgan fingerprint density at radius 2 is 1.67 bits per heavy atom. The molecule has 1 fully saturated rings. The van der Waals surface area contributed by atoms with E-state index >= 15 is 0 Å². The Morgan fingerprint density at radius 1 is 0.917 bits per heavy atom. The number of hydrogen-bond acceptors (Lipinski definition) is 5. The zero-order chi connectivity index (χ0) is 25.8. The van der Waals surface area contributed by atoms with E-state index in [1.54, 1.807) is 24.3 Å². The van der Waals surface area contributed by atoms with Crippen LogP contribution in [0.1, 0.15) is 29.2 Å². The number of carbonyl (C=O) groups excluding carboxylic acids is 3. The van der Waals surface area contributed by atoms with Crippen molar-refractivity contribution in [2.75, 3.05) is 11.5 Å². The van der Waals surface area contributed by atoms with E-state index in [0.29, 0.717) is 36.0 Å². The van der Waals surface area contributed by atoms with E-state index in [4.69, 9.17) is 9.47 Å². The van der Waals surface area contributed by atoms with Crippen LogP contribution in [0, 0.1) is 13.8 Å². The van der Waals surface area contributed by atoms with Gasteiger partial charge in [-0.3, -0.25) is 14.9 Å². The third-order valence-electron chi connectivity index (χ3n) is 5.58. The highest BCUT2D eigenvalue weighted by Gasteiger charge is 2.37. The monoisotopic (exact) mass is 548 g/mol. The minimum atomic E-state index is -0.777. The molecule has 1 saturated heterocycles. The van der Waals surface area contributed by atoms with Crippen LogP contribution in [0.4, 0.5) is 10.5 Å². The van der Waals surface area contributed by atoms with E-state index in [2.05, 4.69) is 21.2 Å². The first-order chi connectivity index (χ1) is 17.3. The molecule has 3 aromatic rings. The van der Waals surface area contributed by atoms with Crippen LogP contribution in [0.3, 0.4) is 0 Å². The summed E-state index contributed by atoms with van der Waals surface area (Å²) in [5, 5.41) is 2.26. The van der Waals surface area contributed by atoms with Crippen molar-refractivity contribution in [1.82, 2.24) is 5.32 Å². The number of amides is 4. The lowest BCUT2D eigenvalue weighted by molar-refractivity contribution is -0.122. The molecular formula is C28H25BrN2O5. The molecule has 36 heavy (non-hydrogen) atoms. The van der Waals surface area contributed by atoms with E-state index in [9.17, 15) is 14.4 Å². The molecule has 0 atom stereocenters. The quantitative estimate of drug-likeness (QED) is 0.302. The van der Waals surface area contributed by atoms with E-state index in [-0.39, 0.29) is 5.57 Å². The largest absolute Gasteiger partial charge is 0.490 e. The molecule has 0 unspecified atom stereocenters. The number of halogens is 1. The Balaban J connectivity index is 1.62. The van der Waals surface area contributed by atoms with Gasteiger partial charge in [0.2, 0.25) is 0 Å². The molecule has 7 nitrogen and oxygen atoms in total. The van der Waals surface area contributed by atoms with Gasteiger partial charge in [-0.1, -0.05) is 51.8 Å². The topological polar surface area (TPSA) is 84.9 Å². The Labute approximate surface area is 217 Å². The summed E-state index contributed by atoms with van der Waals surface area (Å²) in [6.45, 7) is 6.34. The number of nitrogens with one attached hydrogen (secondary N) is 1. The Morgan fingerprint density at radius 3 is 2.36 bits per heavy atom. The number of rotatable bonds is 7. The second-order valence-electron chi connectivity index (χ2n) is 8.30. The lowest BCUT2D eigenvalue weighted by Crippen LogP contribution is -2.54. The summed E-state index contributed by atoms with van der Waals surface area (Å²) in [7, 11) is 0. The second-order valence-corrected chi connectivity index (χ2v) is 9.22. The van der Waals surface area contributed by atoms with Crippen molar-refractivity contribution in [3.05, 3.63) is 93.0 Å². The molecule has 184 valence electrons. The number of carbonyl (C=O) groups is 3. The van der Waals surface area contributed by atoms with Crippen LogP contribution >= 0.6 is 15.9 Å². The molecule has 4 rings (SSSR count).